The van der Waals surface area contributed by atoms with Crippen LogP contribution in [0, 0.1) is 13.8 Å². The lowest BCUT2D eigenvalue weighted by Crippen LogP contribution is -2.25. The van der Waals surface area contributed by atoms with Crippen molar-refractivity contribution >= 4 is 11.9 Å². The third kappa shape index (κ3) is 3.24. The van der Waals surface area contributed by atoms with Gasteiger partial charge in [-0.15, -0.1) is 0 Å². The van der Waals surface area contributed by atoms with Gasteiger partial charge in [0, 0.05) is 24.8 Å². The number of nitrogens with zero attached hydrogens (tertiary/aromatic N) is 4. The highest BCUT2D eigenvalue weighted by Gasteiger charge is 2.16. The van der Waals surface area contributed by atoms with Crippen LogP contribution in [0.4, 0.5) is 5.95 Å². The maximum Gasteiger partial charge on any atom is 0.273 e. The maximum atomic E-state index is 12.0. The lowest BCUT2D eigenvalue weighted by molar-refractivity contribution is 0.0941. The van der Waals surface area contributed by atoms with Crippen molar-refractivity contribution in [3.05, 3.63) is 35.0 Å². The minimum Gasteiger partial charge on any atom is -0.361 e. The number of rotatable bonds is 4. The Morgan fingerprint density at radius 2 is 2.05 bits per heavy atom. The molecule has 1 aliphatic heterocycles. The smallest absolute Gasteiger partial charge is 0.273 e. The van der Waals surface area contributed by atoms with Crippen LogP contribution in [-0.2, 0) is 6.54 Å². The van der Waals surface area contributed by atoms with Crippen LogP contribution in [0.3, 0.4) is 0 Å². The predicted molar refractivity (Wildman–Crippen MR) is 80.6 cm³/mol. The number of amides is 1. The van der Waals surface area contributed by atoms with Crippen LogP contribution in [0.25, 0.3) is 0 Å². The van der Waals surface area contributed by atoms with Crippen molar-refractivity contribution in [2.75, 3.05) is 18.0 Å². The van der Waals surface area contributed by atoms with E-state index >= 15 is 0 Å². The van der Waals surface area contributed by atoms with Crippen LogP contribution in [0.2, 0.25) is 0 Å². The Kier molecular flexibility index (Phi) is 4.04. The molecule has 0 atom stereocenters. The quantitative estimate of drug-likeness (QED) is 0.923. The van der Waals surface area contributed by atoms with Gasteiger partial charge in [0.05, 0.1) is 12.2 Å². The molecule has 7 heteroatoms. The fourth-order valence-electron chi connectivity index (χ4n) is 2.50. The normalized spacial score (nSPS) is 14.4. The monoisotopic (exact) mass is 301 g/mol. The highest BCUT2D eigenvalue weighted by atomic mass is 16.5. The van der Waals surface area contributed by atoms with Gasteiger partial charge in [-0.2, -0.15) is 0 Å². The molecule has 0 saturated carbocycles. The van der Waals surface area contributed by atoms with Crippen LogP contribution in [-0.4, -0.2) is 34.1 Å². The fraction of sp³-hybridized carbons (Fsp3) is 0.467. The summed E-state index contributed by atoms with van der Waals surface area (Å²) in [4.78, 5) is 23.2. The van der Waals surface area contributed by atoms with Gasteiger partial charge in [0.2, 0.25) is 5.95 Å². The molecule has 116 valence electrons. The van der Waals surface area contributed by atoms with Gasteiger partial charge in [0.15, 0.2) is 5.69 Å². The van der Waals surface area contributed by atoms with Crippen LogP contribution >= 0.6 is 0 Å². The molecule has 1 fully saturated rings. The van der Waals surface area contributed by atoms with Gasteiger partial charge < -0.3 is 14.7 Å². The first kappa shape index (κ1) is 14.5. The second-order valence-electron chi connectivity index (χ2n) is 5.50. The minimum atomic E-state index is -0.268. The summed E-state index contributed by atoms with van der Waals surface area (Å²) in [7, 11) is 0. The highest BCUT2D eigenvalue weighted by molar-refractivity contribution is 5.92. The standard InChI is InChI=1S/C15H19N5O2/c1-10-7-12(18-15(17-10)20-5-3-4-6-20)9-16-14(21)13-8-11(2)22-19-13/h7-8H,3-6,9H2,1-2H3,(H,16,21). The summed E-state index contributed by atoms with van der Waals surface area (Å²) in [5, 5.41) is 6.50. The van der Waals surface area contributed by atoms with Gasteiger partial charge in [-0.05, 0) is 32.8 Å². The van der Waals surface area contributed by atoms with Gasteiger partial charge in [-0.25, -0.2) is 9.97 Å². The van der Waals surface area contributed by atoms with Crippen LogP contribution in [0.5, 0.6) is 0 Å². The van der Waals surface area contributed by atoms with Gasteiger partial charge in [-0.3, -0.25) is 4.79 Å². The fourth-order valence-corrected chi connectivity index (χ4v) is 2.50. The summed E-state index contributed by atoms with van der Waals surface area (Å²) >= 11 is 0. The van der Waals surface area contributed by atoms with E-state index in [1.54, 1.807) is 13.0 Å². The Morgan fingerprint density at radius 3 is 2.73 bits per heavy atom. The molecule has 22 heavy (non-hydrogen) atoms. The summed E-state index contributed by atoms with van der Waals surface area (Å²) < 4.78 is 4.90. The lowest BCUT2D eigenvalue weighted by Gasteiger charge is -2.16. The van der Waals surface area contributed by atoms with E-state index in [4.69, 9.17) is 4.52 Å². The van der Waals surface area contributed by atoms with Crippen molar-refractivity contribution in [2.24, 2.45) is 0 Å². The molecule has 0 aliphatic carbocycles. The first-order valence-electron chi connectivity index (χ1n) is 7.43. The molecule has 2 aromatic rings. The minimum absolute atomic E-state index is 0.268. The Bertz CT molecular complexity index is 676. The van der Waals surface area contributed by atoms with Gasteiger partial charge in [-0.1, -0.05) is 5.16 Å². The molecule has 7 nitrogen and oxygen atoms in total. The van der Waals surface area contributed by atoms with Crippen molar-refractivity contribution < 1.29 is 9.32 Å². The van der Waals surface area contributed by atoms with Crippen LogP contribution in [0.15, 0.2) is 16.7 Å². The maximum absolute atomic E-state index is 12.0. The van der Waals surface area contributed by atoms with Crippen LogP contribution in [0.1, 0.15) is 40.5 Å². The van der Waals surface area contributed by atoms with E-state index in [2.05, 4.69) is 25.3 Å². The van der Waals surface area contributed by atoms with E-state index in [1.807, 2.05) is 13.0 Å². The first-order chi connectivity index (χ1) is 10.6. The number of hydrogen-bond donors (Lipinski definition) is 1. The van der Waals surface area contributed by atoms with E-state index in [0.29, 0.717) is 12.3 Å². The number of hydrogen-bond acceptors (Lipinski definition) is 6. The number of anilines is 1. The van der Waals surface area contributed by atoms with Gasteiger partial charge in [0.1, 0.15) is 5.76 Å². The number of nitrogens with one attached hydrogen (secondary N) is 1. The summed E-state index contributed by atoms with van der Waals surface area (Å²) in [6.45, 7) is 6.02. The Morgan fingerprint density at radius 1 is 1.27 bits per heavy atom. The molecule has 1 saturated heterocycles. The molecule has 0 spiro atoms. The zero-order valence-electron chi connectivity index (χ0n) is 12.8. The average Bonchev–Trinajstić information content (AvgIpc) is 3.15. The molecular formula is C15H19N5O2. The summed E-state index contributed by atoms with van der Waals surface area (Å²) in [5.74, 6) is 1.09. The van der Waals surface area contributed by atoms with Gasteiger partial charge >= 0.3 is 0 Å². The van der Waals surface area contributed by atoms with E-state index in [0.717, 1.165) is 30.4 Å². The van der Waals surface area contributed by atoms with Crippen molar-refractivity contribution in [1.82, 2.24) is 20.4 Å². The molecular weight excluding hydrogens is 282 g/mol. The molecule has 3 rings (SSSR count). The number of aryl methyl sites for hydroxylation is 2. The zero-order valence-corrected chi connectivity index (χ0v) is 12.8. The summed E-state index contributed by atoms with van der Waals surface area (Å²) in [6, 6.07) is 3.49. The van der Waals surface area contributed by atoms with E-state index < -0.39 is 0 Å². The lowest BCUT2D eigenvalue weighted by atomic mass is 10.3. The average molecular weight is 301 g/mol. The number of carbonyl (C=O) groups is 1. The molecule has 0 bridgehead atoms. The Hall–Kier alpha value is -2.44. The Labute approximate surface area is 128 Å². The van der Waals surface area contributed by atoms with Crippen molar-refractivity contribution in [3.63, 3.8) is 0 Å². The second kappa shape index (κ2) is 6.13. The Balaban J connectivity index is 1.68. The SMILES string of the molecule is Cc1cc(CNC(=O)c2cc(C)on2)nc(N2CCCC2)n1. The third-order valence-corrected chi connectivity index (χ3v) is 3.58. The first-order valence-corrected chi connectivity index (χ1v) is 7.43. The predicted octanol–water partition coefficient (Wildman–Crippen LogP) is 1.61. The molecule has 1 aliphatic rings. The molecule has 3 heterocycles. The molecule has 2 aromatic heterocycles. The zero-order chi connectivity index (χ0) is 15.5. The summed E-state index contributed by atoms with van der Waals surface area (Å²) in [6.07, 6.45) is 2.35. The van der Waals surface area contributed by atoms with Crippen molar-refractivity contribution in [3.8, 4) is 0 Å². The highest BCUT2D eigenvalue weighted by Crippen LogP contribution is 2.16. The topological polar surface area (TPSA) is 84.2 Å². The molecule has 1 N–H and O–H groups in total. The van der Waals surface area contributed by atoms with Crippen LogP contribution < -0.4 is 10.2 Å². The molecule has 1 amide bonds. The number of carbonyl (C=O) groups excluding carboxylic acids is 1. The molecule has 0 unspecified atom stereocenters. The second-order valence-corrected chi connectivity index (χ2v) is 5.50. The van der Waals surface area contributed by atoms with E-state index in [9.17, 15) is 4.79 Å². The van der Waals surface area contributed by atoms with Crippen molar-refractivity contribution in [2.45, 2.75) is 33.2 Å². The number of aromatic nitrogens is 3. The van der Waals surface area contributed by atoms with E-state index in [1.165, 1.54) is 12.8 Å². The largest absolute Gasteiger partial charge is 0.361 e. The van der Waals surface area contributed by atoms with Gasteiger partial charge in [0.25, 0.3) is 5.91 Å². The third-order valence-electron chi connectivity index (χ3n) is 3.58. The van der Waals surface area contributed by atoms with Crippen molar-refractivity contribution in [1.29, 1.82) is 0 Å². The van der Waals surface area contributed by atoms with E-state index in [-0.39, 0.29) is 11.6 Å². The summed E-state index contributed by atoms with van der Waals surface area (Å²) in [5.41, 5.74) is 1.98. The molecule has 0 radical (unpaired) electrons. The molecule has 0 aromatic carbocycles.